The fourth-order valence-corrected chi connectivity index (χ4v) is 7.43. The quantitative estimate of drug-likeness (QED) is 0.0274. The highest BCUT2D eigenvalue weighted by atomic mass is 31.2. The second-order valence-corrected chi connectivity index (χ2v) is 17.1. The van der Waals surface area contributed by atoms with E-state index in [0.29, 0.717) is 6.42 Å². The van der Waals surface area contributed by atoms with E-state index in [0.717, 1.165) is 38.5 Å². The predicted molar refractivity (Wildman–Crippen MR) is 235 cm³/mol. The Morgan fingerprint density at radius 3 is 1.40 bits per heavy atom. The smallest absolute Gasteiger partial charge is 0.387 e. The molecule has 0 aliphatic heterocycles. The first-order valence-corrected chi connectivity index (χ1v) is 24.6. The van der Waals surface area contributed by atoms with Crippen molar-refractivity contribution in [1.29, 1.82) is 0 Å². The van der Waals surface area contributed by atoms with Crippen LogP contribution in [-0.2, 0) is 18.4 Å². The maximum atomic E-state index is 12.8. The molecule has 0 bridgehead atoms. The zero-order chi connectivity index (χ0) is 40.3. The molecule has 0 aliphatic rings. The number of hydrogen-bond acceptors (Lipinski definition) is 6. The fourth-order valence-electron chi connectivity index (χ4n) is 6.67. The molecule has 8 nitrogen and oxygen atoms in total. The van der Waals surface area contributed by atoms with E-state index in [1.165, 1.54) is 161 Å². The van der Waals surface area contributed by atoms with Crippen LogP contribution in [0.5, 0.6) is 0 Å². The number of phosphoric acid groups is 1. The highest BCUT2D eigenvalue weighted by Gasteiger charge is 2.26. The van der Waals surface area contributed by atoms with Crippen LogP contribution in [0.25, 0.3) is 0 Å². The van der Waals surface area contributed by atoms with Gasteiger partial charge in [0.25, 0.3) is 0 Å². The first kappa shape index (κ1) is 53.7. The number of phosphoric ester groups is 1. The minimum Gasteiger partial charge on any atom is -0.387 e. The van der Waals surface area contributed by atoms with Crippen molar-refractivity contribution in [2.24, 2.45) is 5.73 Å². The van der Waals surface area contributed by atoms with Crippen molar-refractivity contribution in [3.05, 3.63) is 36.5 Å². The summed E-state index contributed by atoms with van der Waals surface area (Å²) in [6, 6.07) is -0.875. The summed E-state index contributed by atoms with van der Waals surface area (Å²) in [6.45, 7) is 4.11. The molecule has 0 heterocycles. The lowest BCUT2D eigenvalue weighted by molar-refractivity contribution is -0.123. The highest BCUT2D eigenvalue weighted by molar-refractivity contribution is 7.47. The van der Waals surface area contributed by atoms with E-state index in [1.54, 1.807) is 6.08 Å². The molecule has 0 aromatic carbocycles. The third kappa shape index (κ3) is 40.7. The Hall–Kier alpha value is -1.28. The van der Waals surface area contributed by atoms with E-state index >= 15 is 0 Å². The second-order valence-electron chi connectivity index (χ2n) is 15.6. The molecule has 0 rings (SSSR count). The summed E-state index contributed by atoms with van der Waals surface area (Å²) in [7, 11) is -4.34. The number of aliphatic hydroxyl groups excluding tert-OH is 1. The Bertz CT molecular complexity index is 959. The number of amides is 1. The van der Waals surface area contributed by atoms with Gasteiger partial charge in [-0.3, -0.25) is 13.8 Å². The molecule has 0 saturated carbocycles. The molecule has 55 heavy (non-hydrogen) atoms. The number of nitrogens with one attached hydrogen (secondary N) is 1. The highest BCUT2D eigenvalue weighted by Crippen LogP contribution is 2.43. The number of rotatable bonds is 43. The SMILES string of the molecule is CCCCCCCCC/C=C/CC/C=C/C(O)C(COP(=O)(O)OCCN)NC(=O)CCCCCCCCCCCCC/C=C\CCCCCCCCCC. The standard InChI is InChI=1S/C46H89N2O6P/c1-3-5-7-9-11-13-15-17-18-19-20-21-22-23-24-25-26-28-30-32-34-36-38-40-46(50)48-44(43-54-55(51,52)53-42-41-47)45(49)39-37-35-33-31-29-27-16-14-12-10-8-6-4-2/h19-20,29,31,37,39,44-45,49H,3-18,21-28,30,32-36,38,40-43,47H2,1-2H3,(H,48,50)(H,51,52)/b20-19-,31-29+,39-37+. The lowest BCUT2D eigenvalue weighted by atomic mass is 10.0. The molecule has 3 atom stereocenters. The van der Waals surface area contributed by atoms with E-state index in [4.69, 9.17) is 14.8 Å². The number of hydrogen-bond donors (Lipinski definition) is 4. The molecule has 0 aromatic rings. The maximum absolute atomic E-state index is 12.8. The molecule has 5 N–H and O–H groups in total. The molecule has 324 valence electrons. The van der Waals surface area contributed by atoms with Crippen LogP contribution in [-0.4, -0.2) is 47.8 Å². The molecular weight excluding hydrogens is 707 g/mol. The second kappa shape index (κ2) is 42.3. The Labute approximate surface area is 340 Å². The summed E-state index contributed by atoms with van der Waals surface area (Å²) in [6.07, 6.45) is 50.6. The van der Waals surface area contributed by atoms with Gasteiger partial charge in [0, 0.05) is 13.0 Å². The summed E-state index contributed by atoms with van der Waals surface area (Å²) >= 11 is 0. The van der Waals surface area contributed by atoms with Crippen LogP contribution in [0.15, 0.2) is 36.5 Å². The number of aliphatic hydroxyl groups is 1. The van der Waals surface area contributed by atoms with Crippen molar-refractivity contribution in [3.63, 3.8) is 0 Å². The lowest BCUT2D eigenvalue weighted by Gasteiger charge is -2.23. The van der Waals surface area contributed by atoms with Gasteiger partial charge in [-0.2, -0.15) is 0 Å². The molecule has 0 radical (unpaired) electrons. The first-order chi connectivity index (χ1) is 26.9. The van der Waals surface area contributed by atoms with Gasteiger partial charge in [-0.25, -0.2) is 4.57 Å². The Morgan fingerprint density at radius 1 is 0.582 bits per heavy atom. The average molecular weight is 797 g/mol. The van der Waals surface area contributed by atoms with Crippen LogP contribution in [0.3, 0.4) is 0 Å². The lowest BCUT2D eigenvalue weighted by Crippen LogP contribution is -2.45. The van der Waals surface area contributed by atoms with E-state index < -0.39 is 20.0 Å². The van der Waals surface area contributed by atoms with Crippen molar-refractivity contribution in [2.75, 3.05) is 19.8 Å². The molecule has 9 heteroatoms. The van der Waals surface area contributed by atoms with Crippen molar-refractivity contribution >= 4 is 13.7 Å². The van der Waals surface area contributed by atoms with Gasteiger partial charge in [0.05, 0.1) is 25.4 Å². The number of nitrogens with two attached hydrogens (primary N) is 1. The number of carbonyl (C=O) groups excluding carboxylic acids is 1. The van der Waals surface area contributed by atoms with Gasteiger partial charge < -0.3 is 21.1 Å². The summed E-state index contributed by atoms with van der Waals surface area (Å²) in [5, 5.41) is 13.6. The summed E-state index contributed by atoms with van der Waals surface area (Å²) in [5.74, 6) is -0.205. The van der Waals surface area contributed by atoms with Gasteiger partial charge in [-0.1, -0.05) is 192 Å². The molecule has 0 fully saturated rings. The summed E-state index contributed by atoms with van der Waals surface area (Å²) in [5.41, 5.74) is 5.37. The topological polar surface area (TPSA) is 131 Å². The van der Waals surface area contributed by atoms with Crippen molar-refractivity contribution in [3.8, 4) is 0 Å². The van der Waals surface area contributed by atoms with Crippen LogP contribution >= 0.6 is 7.82 Å². The maximum Gasteiger partial charge on any atom is 0.472 e. The van der Waals surface area contributed by atoms with Gasteiger partial charge in [-0.05, 0) is 57.8 Å². The van der Waals surface area contributed by atoms with Crippen LogP contribution in [0.2, 0.25) is 0 Å². The number of allylic oxidation sites excluding steroid dienone is 5. The number of carbonyl (C=O) groups is 1. The van der Waals surface area contributed by atoms with E-state index in [9.17, 15) is 19.4 Å². The van der Waals surface area contributed by atoms with Crippen molar-refractivity contribution < 1.29 is 28.4 Å². The molecule has 0 aliphatic carbocycles. The van der Waals surface area contributed by atoms with Crippen LogP contribution in [0, 0.1) is 0 Å². The summed E-state index contributed by atoms with van der Waals surface area (Å²) in [4.78, 5) is 22.7. The third-order valence-corrected chi connectivity index (χ3v) is 11.2. The van der Waals surface area contributed by atoms with Crippen molar-refractivity contribution in [2.45, 2.75) is 231 Å². The van der Waals surface area contributed by atoms with Gasteiger partial charge in [0.2, 0.25) is 5.91 Å². The molecule has 0 saturated heterocycles. The van der Waals surface area contributed by atoms with Crippen LogP contribution in [0.1, 0.15) is 219 Å². The van der Waals surface area contributed by atoms with Gasteiger partial charge >= 0.3 is 7.82 Å². The molecule has 3 unspecified atom stereocenters. The predicted octanol–water partition coefficient (Wildman–Crippen LogP) is 13.1. The van der Waals surface area contributed by atoms with E-state index in [2.05, 4.69) is 43.5 Å². The average Bonchev–Trinajstić information content (AvgIpc) is 3.17. The Morgan fingerprint density at radius 2 is 0.964 bits per heavy atom. The van der Waals surface area contributed by atoms with Crippen molar-refractivity contribution in [1.82, 2.24) is 5.32 Å². The monoisotopic (exact) mass is 797 g/mol. The van der Waals surface area contributed by atoms with E-state index in [1.807, 2.05) is 6.08 Å². The molecule has 1 amide bonds. The van der Waals surface area contributed by atoms with Crippen LogP contribution < -0.4 is 11.1 Å². The largest absolute Gasteiger partial charge is 0.472 e. The molecular formula is C46H89N2O6P. The first-order valence-electron chi connectivity index (χ1n) is 23.1. The zero-order valence-corrected chi connectivity index (χ0v) is 36.8. The minimum atomic E-state index is -4.34. The minimum absolute atomic E-state index is 0.0741. The molecule has 0 aromatic heterocycles. The zero-order valence-electron chi connectivity index (χ0n) is 35.9. The van der Waals surface area contributed by atoms with Gasteiger partial charge in [0.1, 0.15) is 0 Å². The normalized spacial score (nSPS) is 14.3. The van der Waals surface area contributed by atoms with Gasteiger partial charge in [-0.15, -0.1) is 0 Å². The Kier molecular flexibility index (Phi) is 41.3. The summed E-state index contributed by atoms with van der Waals surface area (Å²) < 4.78 is 22.1. The van der Waals surface area contributed by atoms with Crippen LogP contribution in [0.4, 0.5) is 0 Å². The number of unbranched alkanes of at least 4 members (excludes halogenated alkanes) is 27. The third-order valence-electron chi connectivity index (χ3n) is 10.2. The Balaban J connectivity index is 4.11. The van der Waals surface area contributed by atoms with E-state index in [-0.39, 0.29) is 25.7 Å². The molecule has 0 spiro atoms. The fraction of sp³-hybridized carbons (Fsp3) is 0.848. The van der Waals surface area contributed by atoms with Gasteiger partial charge in [0.15, 0.2) is 0 Å².